The van der Waals surface area contributed by atoms with E-state index in [1.54, 1.807) is 33.2 Å². The molecule has 0 unspecified atom stereocenters. The van der Waals surface area contributed by atoms with Crippen LogP contribution in [0.25, 0.3) is 0 Å². The monoisotopic (exact) mass is 382 g/mol. The van der Waals surface area contributed by atoms with Crippen LogP contribution < -0.4 is 15.5 Å². The number of benzene rings is 2. The van der Waals surface area contributed by atoms with Gasteiger partial charge in [0.25, 0.3) is 11.8 Å². The summed E-state index contributed by atoms with van der Waals surface area (Å²) in [4.78, 5) is 24.9. The number of amides is 2. The Morgan fingerprint density at radius 2 is 1.68 bits per heavy atom. The summed E-state index contributed by atoms with van der Waals surface area (Å²) >= 11 is 0. The lowest BCUT2D eigenvalue weighted by atomic mass is 10.1. The third kappa shape index (κ3) is 6.75. The summed E-state index contributed by atoms with van der Waals surface area (Å²) in [6.45, 7) is 3.94. The van der Waals surface area contributed by atoms with Gasteiger partial charge < -0.3 is 15.0 Å². The Kier molecular flexibility index (Phi) is 7.56. The van der Waals surface area contributed by atoms with Gasteiger partial charge in [-0.15, -0.1) is 0 Å². The second kappa shape index (κ2) is 10.1. The molecule has 0 fully saturated rings. The molecule has 2 N–H and O–H groups in total. The molecule has 0 radical (unpaired) electrons. The topological polar surface area (TPSA) is 83.0 Å². The van der Waals surface area contributed by atoms with Crippen molar-refractivity contribution < 1.29 is 14.3 Å². The van der Waals surface area contributed by atoms with Crippen LogP contribution >= 0.6 is 0 Å². The van der Waals surface area contributed by atoms with E-state index in [9.17, 15) is 9.59 Å². The Hall–Kier alpha value is -3.35. The molecule has 2 amide bonds. The zero-order valence-electron chi connectivity index (χ0n) is 16.7. The molecule has 0 saturated heterocycles. The third-order valence-corrected chi connectivity index (χ3v) is 3.99. The van der Waals surface area contributed by atoms with E-state index in [0.29, 0.717) is 11.5 Å². The van der Waals surface area contributed by atoms with Crippen molar-refractivity contribution in [1.82, 2.24) is 10.3 Å². The highest BCUT2D eigenvalue weighted by Gasteiger charge is 2.06. The van der Waals surface area contributed by atoms with Crippen molar-refractivity contribution >= 4 is 23.2 Å². The standard InChI is InChI=1S/C21H26N4O3/c1-15-5-9-18(10-6-15)22-13-20(26)24-23-16(2)17-7-11-19(12-8-17)28-14-21(27)25(3)4/h5-12,22H,13-14H2,1-4H3,(H,24,26)/b23-16-. The van der Waals surface area contributed by atoms with Crippen molar-refractivity contribution in [2.45, 2.75) is 13.8 Å². The van der Waals surface area contributed by atoms with E-state index in [1.165, 1.54) is 4.90 Å². The lowest BCUT2D eigenvalue weighted by Crippen LogP contribution is -2.27. The van der Waals surface area contributed by atoms with Crippen LogP contribution in [0.4, 0.5) is 5.69 Å². The zero-order valence-corrected chi connectivity index (χ0v) is 16.7. The van der Waals surface area contributed by atoms with Crippen LogP contribution in [-0.4, -0.2) is 49.7 Å². The number of nitrogens with one attached hydrogen (secondary N) is 2. The van der Waals surface area contributed by atoms with Crippen LogP contribution in [0.1, 0.15) is 18.1 Å². The number of hydrogen-bond acceptors (Lipinski definition) is 5. The number of hydrogen-bond donors (Lipinski definition) is 2. The largest absolute Gasteiger partial charge is 0.484 e. The first kappa shape index (κ1) is 21.0. The number of ether oxygens (including phenoxy) is 1. The Morgan fingerprint density at radius 1 is 1.04 bits per heavy atom. The van der Waals surface area contributed by atoms with E-state index in [-0.39, 0.29) is 25.0 Å². The SMILES string of the molecule is C/C(=N/NC(=O)CNc1ccc(C)cc1)c1ccc(OCC(=O)N(C)C)cc1. The molecule has 0 spiro atoms. The highest BCUT2D eigenvalue weighted by atomic mass is 16.5. The molecule has 0 aliphatic carbocycles. The predicted octanol–water partition coefficient (Wildman–Crippen LogP) is 2.41. The molecule has 2 aromatic rings. The molecule has 0 aliphatic rings. The van der Waals surface area contributed by atoms with Gasteiger partial charge in [-0.05, 0) is 55.8 Å². The first-order chi connectivity index (χ1) is 13.3. The number of rotatable bonds is 8. The predicted molar refractivity (Wildman–Crippen MR) is 111 cm³/mol. The highest BCUT2D eigenvalue weighted by molar-refractivity contribution is 5.99. The maximum absolute atomic E-state index is 11.9. The summed E-state index contributed by atoms with van der Waals surface area (Å²) in [5.74, 6) is 0.254. The van der Waals surface area contributed by atoms with Gasteiger partial charge in [0.15, 0.2) is 6.61 Å². The quantitative estimate of drug-likeness (QED) is 0.543. The molecule has 0 saturated carbocycles. The molecule has 148 valence electrons. The molecular formula is C21H26N4O3. The van der Waals surface area contributed by atoms with E-state index < -0.39 is 0 Å². The van der Waals surface area contributed by atoms with Gasteiger partial charge in [-0.3, -0.25) is 9.59 Å². The Labute approximate surface area is 165 Å². The number of carbonyl (C=O) groups excluding carboxylic acids is 2. The van der Waals surface area contributed by atoms with Crippen LogP contribution in [0.5, 0.6) is 5.75 Å². The van der Waals surface area contributed by atoms with Gasteiger partial charge in [-0.2, -0.15) is 5.10 Å². The average Bonchev–Trinajstić information content (AvgIpc) is 2.70. The molecular weight excluding hydrogens is 356 g/mol. The fraction of sp³-hybridized carbons (Fsp3) is 0.286. The maximum atomic E-state index is 11.9. The van der Waals surface area contributed by atoms with Gasteiger partial charge in [-0.25, -0.2) is 5.43 Å². The molecule has 7 heteroatoms. The minimum atomic E-state index is -0.234. The lowest BCUT2D eigenvalue weighted by Gasteiger charge is -2.11. The van der Waals surface area contributed by atoms with Crippen molar-refractivity contribution in [2.24, 2.45) is 5.10 Å². The van der Waals surface area contributed by atoms with Crippen LogP contribution in [0.3, 0.4) is 0 Å². The number of likely N-dealkylation sites (N-methyl/N-ethyl adjacent to an activating group) is 1. The Balaban J connectivity index is 1.82. The van der Waals surface area contributed by atoms with Gasteiger partial charge in [0, 0.05) is 19.8 Å². The Bertz CT molecular complexity index is 828. The van der Waals surface area contributed by atoms with Gasteiger partial charge in [0.1, 0.15) is 5.75 Å². The molecule has 28 heavy (non-hydrogen) atoms. The van der Waals surface area contributed by atoms with Crippen LogP contribution in [0.2, 0.25) is 0 Å². The van der Waals surface area contributed by atoms with Gasteiger partial charge in [0.05, 0.1) is 12.3 Å². The molecule has 0 aliphatic heterocycles. The van der Waals surface area contributed by atoms with Gasteiger partial charge >= 0.3 is 0 Å². The van der Waals surface area contributed by atoms with E-state index in [2.05, 4.69) is 15.8 Å². The first-order valence-corrected chi connectivity index (χ1v) is 8.92. The summed E-state index contributed by atoms with van der Waals surface area (Å²) in [5, 5.41) is 7.17. The van der Waals surface area contributed by atoms with Crippen molar-refractivity contribution in [1.29, 1.82) is 0 Å². The van der Waals surface area contributed by atoms with Crippen LogP contribution in [0, 0.1) is 6.92 Å². The maximum Gasteiger partial charge on any atom is 0.259 e. The number of hydrazone groups is 1. The fourth-order valence-corrected chi connectivity index (χ4v) is 2.17. The Morgan fingerprint density at radius 3 is 2.29 bits per heavy atom. The zero-order chi connectivity index (χ0) is 20.5. The minimum Gasteiger partial charge on any atom is -0.484 e. The van der Waals surface area contributed by atoms with Crippen molar-refractivity contribution in [3.63, 3.8) is 0 Å². The molecule has 0 heterocycles. The summed E-state index contributed by atoms with van der Waals surface area (Å²) < 4.78 is 5.43. The summed E-state index contributed by atoms with van der Waals surface area (Å²) in [6, 6.07) is 15.0. The smallest absolute Gasteiger partial charge is 0.259 e. The molecule has 7 nitrogen and oxygen atoms in total. The van der Waals surface area contributed by atoms with E-state index in [4.69, 9.17) is 4.74 Å². The summed E-state index contributed by atoms with van der Waals surface area (Å²) in [5.41, 5.74) is 6.09. The van der Waals surface area contributed by atoms with E-state index in [0.717, 1.165) is 16.8 Å². The normalized spacial score (nSPS) is 10.9. The lowest BCUT2D eigenvalue weighted by molar-refractivity contribution is -0.130. The summed E-state index contributed by atoms with van der Waals surface area (Å²) in [6.07, 6.45) is 0. The van der Waals surface area contributed by atoms with Crippen molar-refractivity contribution in [2.75, 3.05) is 32.6 Å². The third-order valence-electron chi connectivity index (χ3n) is 3.99. The summed E-state index contributed by atoms with van der Waals surface area (Å²) in [7, 11) is 3.36. The molecule has 2 aromatic carbocycles. The second-order valence-electron chi connectivity index (χ2n) is 6.55. The molecule has 0 aromatic heterocycles. The minimum absolute atomic E-state index is 0.0105. The molecule has 0 bridgehead atoms. The van der Waals surface area contributed by atoms with Gasteiger partial charge in [0.2, 0.25) is 0 Å². The number of aryl methyl sites for hydroxylation is 1. The number of carbonyl (C=O) groups is 2. The molecule has 2 rings (SSSR count). The first-order valence-electron chi connectivity index (χ1n) is 8.92. The van der Waals surface area contributed by atoms with Crippen LogP contribution in [-0.2, 0) is 9.59 Å². The van der Waals surface area contributed by atoms with E-state index in [1.807, 2.05) is 43.3 Å². The second-order valence-corrected chi connectivity index (χ2v) is 6.55. The van der Waals surface area contributed by atoms with Crippen molar-refractivity contribution in [3.05, 3.63) is 59.7 Å². The van der Waals surface area contributed by atoms with Crippen LogP contribution in [0.15, 0.2) is 53.6 Å². The highest BCUT2D eigenvalue weighted by Crippen LogP contribution is 2.13. The average molecular weight is 382 g/mol. The number of anilines is 1. The van der Waals surface area contributed by atoms with E-state index >= 15 is 0 Å². The fourth-order valence-electron chi connectivity index (χ4n) is 2.17. The van der Waals surface area contributed by atoms with Gasteiger partial charge in [-0.1, -0.05) is 17.7 Å². The molecule has 0 atom stereocenters. The number of nitrogens with zero attached hydrogens (tertiary/aromatic N) is 2. The van der Waals surface area contributed by atoms with Crippen molar-refractivity contribution in [3.8, 4) is 5.75 Å².